The van der Waals surface area contributed by atoms with Gasteiger partial charge in [0.1, 0.15) is 5.69 Å². The van der Waals surface area contributed by atoms with Crippen molar-refractivity contribution in [2.24, 2.45) is 5.92 Å². The van der Waals surface area contributed by atoms with Crippen LogP contribution >= 0.6 is 11.3 Å². The van der Waals surface area contributed by atoms with E-state index < -0.39 is 0 Å². The number of hydrogen-bond donors (Lipinski definition) is 0. The van der Waals surface area contributed by atoms with E-state index in [4.69, 9.17) is 5.10 Å². The highest BCUT2D eigenvalue weighted by molar-refractivity contribution is 7.13. The zero-order chi connectivity index (χ0) is 23.5. The van der Waals surface area contributed by atoms with E-state index in [-0.39, 0.29) is 5.91 Å². The molecule has 0 aliphatic heterocycles. The summed E-state index contributed by atoms with van der Waals surface area (Å²) in [4.78, 5) is 16.1. The lowest BCUT2D eigenvalue weighted by Gasteiger charge is -2.17. The minimum Gasteiger partial charge on any atom is -0.341 e. The standard InChI is InChI=1S/C26H31N5OS/c1-18(2)15-30-20(4)23(19(3)27-30)14-25(32)29(5)16-21-17-31(22-10-7-6-8-11-22)28-26(21)24-12-9-13-33-24/h6-13,17-18H,14-16H2,1-5H3. The second-order valence-electron chi connectivity index (χ2n) is 8.91. The highest BCUT2D eigenvalue weighted by Crippen LogP contribution is 2.28. The number of rotatable bonds is 8. The summed E-state index contributed by atoms with van der Waals surface area (Å²) in [6.45, 7) is 9.76. The van der Waals surface area contributed by atoms with Crippen molar-refractivity contribution in [2.75, 3.05) is 7.05 Å². The summed E-state index contributed by atoms with van der Waals surface area (Å²) in [7, 11) is 1.86. The molecule has 0 aliphatic rings. The van der Waals surface area contributed by atoms with Gasteiger partial charge in [-0.3, -0.25) is 9.48 Å². The molecule has 4 aromatic rings. The van der Waals surface area contributed by atoms with Gasteiger partial charge in [-0.05, 0) is 43.3 Å². The van der Waals surface area contributed by atoms with Crippen molar-refractivity contribution in [3.05, 3.63) is 76.6 Å². The molecular formula is C26H31N5OS. The molecule has 0 spiro atoms. The van der Waals surface area contributed by atoms with E-state index in [1.807, 2.05) is 65.9 Å². The maximum atomic E-state index is 13.2. The van der Waals surface area contributed by atoms with Gasteiger partial charge in [0.2, 0.25) is 5.91 Å². The summed E-state index contributed by atoms with van der Waals surface area (Å²) >= 11 is 1.66. The molecule has 33 heavy (non-hydrogen) atoms. The van der Waals surface area contributed by atoms with Crippen LogP contribution in [-0.2, 0) is 24.3 Å². The maximum Gasteiger partial charge on any atom is 0.227 e. The summed E-state index contributed by atoms with van der Waals surface area (Å²) < 4.78 is 3.92. The first-order valence-corrected chi connectivity index (χ1v) is 12.2. The minimum atomic E-state index is 0.0786. The van der Waals surface area contributed by atoms with Crippen LogP contribution in [0, 0.1) is 19.8 Å². The van der Waals surface area contributed by atoms with Crippen LogP contribution in [-0.4, -0.2) is 37.4 Å². The quantitative estimate of drug-likeness (QED) is 0.359. The Bertz CT molecular complexity index is 1220. The molecule has 3 aromatic heterocycles. The molecule has 0 aliphatic carbocycles. The monoisotopic (exact) mass is 461 g/mol. The zero-order valence-electron chi connectivity index (χ0n) is 19.9. The van der Waals surface area contributed by atoms with Crippen LogP contribution in [0.5, 0.6) is 0 Å². The normalized spacial score (nSPS) is 11.3. The second kappa shape index (κ2) is 9.75. The van der Waals surface area contributed by atoms with Crippen LogP contribution < -0.4 is 0 Å². The summed E-state index contributed by atoms with van der Waals surface area (Å²) in [6.07, 6.45) is 2.39. The third-order valence-corrected chi connectivity index (χ3v) is 6.67. The van der Waals surface area contributed by atoms with Crippen molar-refractivity contribution < 1.29 is 4.79 Å². The maximum absolute atomic E-state index is 13.2. The molecule has 0 N–H and O–H groups in total. The lowest BCUT2D eigenvalue weighted by molar-refractivity contribution is -0.129. The number of amides is 1. The third-order valence-electron chi connectivity index (χ3n) is 5.80. The topological polar surface area (TPSA) is 56.0 Å². The van der Waals surface area contributed by atoms with Gasteiger partial charge in [-0.25, -0.2) is 4.68 Å². The first-order valence-electron chi connectivity index (χ1n) is 11.3. The minimum absolute atomic E-state index is 0.0786. The Labute approximate surface area is 199 Å². The smallest absolute Gasteiger partial charge is 0.227 e. The van der Waals surface area contributed by atoms with Crippen molar-refractivity contribution >= 4 is 17.2 Å². The molecule has 1 amide bonds. The highest BCUT2D eigenvalue weighted by Gasteiger charge is 2.20. The third kappa shape index (κ3) is 5.09. The second-order valence-corrected chi connectivity index (χ2v) is 9.86. The Kier molecular flexibility index (Phi) is 6.79. The number of thiophene rings is 1. The molecule has 1 aromatic carbocycles. The predicted molar refractivity (Wildman–Crippen MR) is 134 cm³/mol. The molecule has 0 radical (unpaired) electrons. The van der Waals surface area contributed by atoms with Gasteiger partial charge in [0, 0.05) is 43.2 Å². The summed E-state index contributed by atoms with van der Waals surface area (Å²) in [6, 6.07) is 14.2. The van der Waals surface area contributed by atoms with E-state index in [9.17, 15) is 4.79 Å². The van der Waals surface area contributed by atoms with E-state index in [1.54, 1.807) is 16.2 Å². The number of aryl methyl sites for hydroxylation is 1. The summed E-state index contributed by atoms with van der Waals surface area (Å²) in [5.41, 5.74) is 6.00. The fourth-order valence-electron chi connectivity index (χ4n) is 4.00. The zero-order valence-corrected chi connectivity index (χ0v) is 20.8. The fraction of sp³-hybridized carbons (Fsp3) is 0.346. The lowest BCUT2D eigenvalue weighted by Crippen LogP contribution is -2.28. The van der Waals surface area contributed by atoms with E-state index in [0.717, 1.165) is 45.3 Å². The Morgan fingerprint density at radius 3 is 2.52 bits per heavy atom. The largest absolute Gasteiger partial charge is 0.341 e. The Morgan fingerprint density at radius 1 is 1.09 bits per heavy atom. The highest BCUT2D eigenvalue weighted by atomic mass is 32.1. The molecule has 0 bridgehead atoms. The molecule has 0 fully saturated rings. The van der Waals surface area contributed by atoms with Crippen LogP contribution in [0.1, 0.15) is 36.4 Å². The number of nitrogens with zero attached hydrogens (tertiary/aromatic N) is 5. The van der Waals surface area contributed by atoms with Crippen molar-refractivity contribution in [1.29, 1.82) is 0 Å². The van der Waals surface area contributed by atoms with Gasteiger partial charge in [0.25, 0.3) is 0 Å². The SMILES string of the molecule is Cc1nn(CC(C)C)c(C)c1CC(=O)N(C)Cc1cn(-c2ccccc2)nc1-c1cccs1. The average molecular weight is 462 g/mol. The van der Waals surface area contributed by atoms with Crippen LogP contribution in [0.2, 0.25) is 0 Å². The van der Waals surface area contributed by atoms with Gasteiger partial charge in [-0.2, -0.15) is 10.2 Å². The van der Waals surface area contributed by atoms with Crippen LogP contribution in [0.15, 0.2) is 54.0 Å². The van der Waals surface area contributed by atoms with Gasteiger partial charge in [0.15, 0.2) is 0 Å². The van der Waals surface area contributed by atoms with Gasteiger partial charge >= 0.3 is 0 Å². The molecular weight excluding hydrogens is 430 g/mol. The summed E-state index contributed by atoms with van der Waals surface area (Å²) in [5, 5.41) is 11.6. The Morgan fingerprint density at radius 2 is 1.85 bits per heavy atom. The first-order chi connectivity index (χ1) is 15.8. The summed E-state index contributed by atoms with van der Waals surface area (Å²) in [5.74, 6) is 0.584. The van der Waals surface area contributed by atoms with E-state index in [2.05, 4.69) is 37.3 Å². The van der Waals surface area contributed by atoms with E-state index >= 15 is 0 Å². The van der Waals surface area contributed by atoms with Gasteiger partial charge in [-0.1, -0.05) is 38.1 Å². The Balaban J connectivity index is 1.56. The average Bonchev–Trinajstić information content (AvgIpc) is 3.51. The van der Waals surface area contributed by atoms with Crippen LogP contribution in [0.3, 0.4) is 0 Å². The number of carbonyl (C=O) groups is 1. The number of likely N-dealkylation sites (N-methyl/N-ethyl adjacent to an activating group) is 1. The number of aromatic nitrogens is 4. The molecule has 7 heteroatoms. The van der Waals surface area contributed by atoms with Crippen molar-refractivity contribution in [2.45, 2.75) is 47.2 Å². The Hall–Kier alpha value is -3.19. The lowest BCUT2D eigenvalue weighted by atomic mass is 10.1. The molecule has 0 unspecified atom stereocenters. The van der Waals surface area contributed by atoms with Crippen LogP contribution in [0.4, 0.5) is 0 Å². The fourth-order valence-corrected chi connectivity index (χ4v) is 4.75. The molecule has 6 nitrogen and oxygen atoms in total. The van der Waals surface area contributed by atoms with Gasteiger partial charge in [-0.15, -0.1) is 11.3 Å². The van der Waals surface area contributed by atoms with Crippen LogP contribution in [0.25, 0.3) is 16.3 Å². The molecule has 172 valence electrons. The molecule has 4 rings (SSSR count). The van der Waals surface area contributed by atoms with Crippen molar-refractivity contribution in [3.8, 4) is 16.3 Å². The molecule has 0 saturated heterocycles. The molecule has 0 atom stereocenters. The molecule has 3 heterocycles. The van der Waals surface area contributed by atoms with Gasteiger partial charge in [0.05, 0.1) is 22.7 Å². The van der Waals surface area contributed by atoms with Crippen molar-refractivity contribution in [1.82, 2.24) is 24.5 Å². The van der Waals surface area contributed by atoms with Crippen molar-refractivity contribution in [3.63, 3.8) is 0 Å². The van der Waals surface area contributed by atoms with Gasteiger partial charge < -0.3 is 4.90 Å². The predicted octanol–water partition coefficient (Wildman–Crippen LogP) is 5.27. The number of para-hydroxylation sites is 1. The number of benzene rings is 1. The van der Waals surface area contributed by atoms with E-state index in [0.29, 0.717) is 18.9 Å². The molecule has 0 saturated carbocycles. The number of hydrogen-bond acceptors (Lipinski definition) is 4. The number of carbonyl (C=O) groups excluding carboxylic acids is 1. The van der Waals surface area contributed by atoms with E-state index in [1.165, 1.54) is 0 Å². The first kappa shape index (κ1) is 23.0.